The van der Waals surface area contributed by atoms with E-state index in [4.69, 9.17) is 9.47 Å². The molecular formula is C44H62N6O10S4. The molecule has 2 N–H and O–H groups in total. The van der Waals surface area contributed by atoms with Gasteiger partial charge in [0.15, 0.2) is 0 Å². The van der Waals surface area contributed by atoms with Gasteiger partial charge in [-0.2, -0.15) is 17.2 Å². The van der Waals surface area contributed by atoms with Gasteiger partial charge in [0.1, 0.15) is 0 Å². The number of ether oxygens (including phenoxy) is 2. The maximum Gasteiger partial charge on any atom is 0.243 e. The summed E-state index contributed by atoms with van der Waals surface area (Å²) in [6.45, 7) is 8.01. The average molecular weight is 963 g/mol. The number of hydrogen-bond acceptors (Lipinski definition) is 12. The summed E-state index contributed by atoms with van der Waals surface area (Å²) in [6.07, 6.45) is 0. The molecule has 0 saturated carbocycles. The van der Waals surface area contributed by atoms with Crippen LogP contribution >= 0.6 is 0 Å². The molecule has 20 heteroatoms. The molecule has 0 unspecified atom stereocenters. The van der Waals surface area contributed by atoms with Crippen molar-refractivity contribution in [2.75, 3.05) is 105 Å². The van der Waals surface area contributed by atoms with Gasteiger partial charge in [-0.05, 0) is 76.2 Å². The summed E-state index contributed by atoms with van der Waals surface area (Å²) >= 11 is 0. The van der Waals surface area contributed by atoms with Crippen molar-refractivity contribution in [3.8, 4) is 0 Å². The van der Waals surface area contributed by atoms with Crippen LogP contribution in [0, 0.1) is 27.7 Å². The minimum atomic E-state index is -4.27. The summed E-state index contributed by atoms with van der Waals surface area (Å²) in [7, 11) is -16.4. The summed E-state index contributed by atoms with van der Waals surface area (Å²) in [5, 5.41) is 6.43. The molecule has 0 atom stereocenters. The lowest BCUT2D eigenvalue weighted by Gasteiger charge is -2.29. The molecule has 352 valence electrons. The summed E-state index contributed by atoms with van der Waals surface area (Å²) in [5.74, 6) is 0. The summed E-state index contributed by atoms with van der Waals surface area (Å²) in [5.41, 5.74) is 3.49. The Kier molecular flexibility index (Phi) is 19.0. The van der Waals surface area contributed by atoms with E-state index >= 15 is 0 Å². The van der Waals surface area contributed by atoms with Crippen LogP contribution in [0.15, 0.2) is 117 Å². The van der Waals surface area contributed by atoms with E-state index in [1.807, 2.05) is 27.7 Å². The van der Waals surface area contributed by atoms with Crippen LogP contribution in [0.4, 0.5) is 0 Å². The minimum Gasteiger partial charge on any atom is -0.379 e. The largest absolute Gasteiger partial charge is 0.379 e. The predicted octanol–water partition coefficient (Wildman–Crippen LogP) is 3.21. The first-order valence-corrected chi connectivity index (χ1v) is 27.0. The van der Waals surface area contributed by atoms with Crippen molar-refractivity contribution < 1.29 is 43.1 Å². The SMILES string of the molecule is Cc1ccc(S(=O)(=O)N2CCNCCOCCN(S(=O)(=O)c3ccc(C)cc3)CCN(S(=O)(=O)c3ccc(C)cc3)CCN(S(=O)(=O)c3ccc(C)cc3)CCOCCNCC2)cc1. The van der Waals surface area contributed by atoms with Crippen LogP contribution in [-0.2, 0) is 49.6 Å². The standard InChI is InChI=1S/C44H62N6O10S4/c1-37-5-13-41(14-6-37)61(51,52)47-25-21-45-23-33-59-35-31-49(63(55,56)43-17-9-39(3)10-18-43)29-27-48(62(53,54)42-15-7-38(2)8-16-42)28-30-50(32-36-60-34-24-46-22-26-47)64(57,58)44-19-11-40(4)12-20-44/h5-20,45-46H,21-36H2,1-4H3. The predicted molar refractivity (Wildman–Crippen MR) is 247 cm³/mol. The third-order valence-electron chi connectivity index (χ3n) is 10.7. The van der Waals surface area contributed by atoms with Gasteiger partial charge in [0.25, 0.3) is 0 Å². The number of hydrogen-bond donors (Lipinski definition) is 2. The number of nitrogens with zero attached hydrogens (tertiary/aromatic N) is 4. The summed E-state index contributed by atoms with van der Waals surface area (Å²) < 4.78 is 130. The van der Waals surface area contributed by atoms with Gasteiger partial charge < -0.3 is 20.1 Å². The quantitative estimate of drug-likeness (QED) is 0.263. The van der Waals surface area contributed by atoms with Crippen LogP contribution in [0.3, 0.4) is 0 Å². The third-order valence-corrected chi connectivity index (χ3v) is 18.4. The van der Waals surface area contributed by atoms with Crippen LogP contribution in [0.5, 0.6) is 0 Å². The molecule has 0 amide bonds. The van der Waals surface area contributed by atoms with Crippen LogP contribution in [0.25, 0.3) is 0 Å². The first-order chi connectivity index (χ1) is 30.4. The number of sulfonamides is 4. The Balaban J connectivity index is 1.43. The highest BCUT2D eigenvalue weighted by Crippen LogP contribution is 2.22. The number of rotatable bonds is 8. The van der Waals surface area contributed by atoms with Crippen molar-refractivity contribution in [1.29, 1.82) is 0 Å². The van der Waals surface area contributed by atoms with E-state index in [0.29, 0.717) is 26.2 Å². The zero-order valence-electron chi connectivity index (χ0n) is 37.1. The average Bonchev–Trinajstić information content (AvgIpc) is 3.25. The smallest absolute Gasteiger partial charge is 0.243 e. The number of nitrogens with one attached hydrogen (secondary N) is 2. The molecule has 1 heterocycles. The lowest BCUT2D eigenvalue weighted by molar-refractivity contribution is 0.120. The zero-order valence-corrected chi connectivity index (χ0v) is 40.3. The van der Waals surface area contributed by atoms with E-state index in [-0.39, 0.29) is 98.4 Å². The lowest BCUT2D eigenvalue weighted by atomic mass is 10.2. The van der Waals surface area contributed by atoms with Crippen LogP contribution < -0.4 is 10.6 Å². The van der Waals surface area contributed by atoms with Crippen molar-refractivity contribution in [1.82, 2.24) is 27.9 Å². The van der Waals surface area contributed by atoms with Gasteiger partial charge in [-0.1, -0.05) is 70.8 Å². The van der Waals surface area contributed by atoms with Crippen molar-refractivity contribution in [2.45, 2.75) is 47.3 Å². The van der Waals surface area contributed by atoms with Crippen LogP contribution in [-0.4, -0.2) is 156 Å². The Labute approximate surface area is 380 Å². The molecule has 0 aromatic heterocycles. The topological polar surface area (TPSA) is 192 Å². The third kappa shape index (κ3) is 14.2. The van der Waals surface area contributed by atoms with Gasteiger partial charge in [-0.3, -0.25) is 0 Å². The van der Waals surface area contributed by atoms with Crippen molar-refractivity contribution in [3.05, 3.63) is 119 Å². The molecule has 1 saturated heterocycles. The molecule has 4 aromatic carbocycles. The molecule has 0 spiro atoms. The highest BCUT2D eigenvalue weighted by molar-refractivity contribution is 7.90. The second-order valence-corrected chi connectivity index (χ2v) is 23.3. The normalized spacial score (nSPS) is 18.6. The van der Waals surface area contributed by atoms with Crippen LogP contribution in [0.2, 0.25) is 0 Å². The molecule has 0 bridgehead atoms. The Hall–Kier alpha value is -3.64. The Bertz CT molecular complexity index is 2430. The fraction of sp³-hybridized carbons (Fsp3) is 0.455. The fourth-order valence-electron chi connectivity index (χ4n) is 6.78. The monoisotopic (exact) mass is 962 g/mol. The molecular weight excluding hydrogens is 901 g/mol. The van der Waals surface area contributed by atoms with E-state index in [1.54, 1.807) is 60.7 Å². The Morgan fingerprint density at radius 1 is 0.328 bits per heavy atom. The first kappa shape index (κ1) is 51.3. The second kappa shape index (κ2) is 23.7. The second-order valence-electron chi connectivity index (χ2n) is 15.6. The maximum atomic E-state index is 14.4. The minimum absolute atomic E-state index is 0.0188. The molecule has 5 rings (SSSR count). The maximum absolute atomic E-state index is 14.4. The van der Waals surface area contributed by atoms with Crippen molar-refractivity contribution in [2.24, 2.45) is 0 Å². The molecule has 4 aromatic rings. The molecule has 64 heavy (non-hydrogen) atoms. The first-order valence-electron chi connectivity index (χ1n) is 21.3. The molecule has 0 radical (unpaired) electrons. The van der Waals surface area contributed by atoms with E-state index in [9.17, 15) is 33.7 Å². The molecule has 0 aliphatic carbocycles. The van der Waals surface area contributed by atoms with E-state index < -0.39 is 40.1 Å². The van der Waals surface area contributed by atoms with Gasteiger partial charge >= 0.3 is 0 Å². The highest BCUT2D eigenvalue weighted by Gasteiger charge is 2.32. The van der Waals surface area contributed by atoms with E-state index in [1.165, 1.54) is 49.3 Å². The van der Waals surface area contributed by atoms with Gasteiger partial charge in [-0.25, -0.2) is 33.7 Å². The van der Waals surface area contributed by atoms with Gasteiger partial charge in [-0.15, -0.1) is 0 Å². The molecule has 1 fully saturated rings. The van der Waals surface area contributed by atoms with Crippen molar-refractivity contribution in [3.63, 3.8) is 0 Å². The molecule has 16 nitrogen and oxygen atoms in total. The van der Waals surface area contributed by atoms with Gasteiger partial charge in [0.2, 0.25) is 40.1 Å². The molecule has 1 aliphatic heterocycles. The number of benzene rings is 4. The van der Waals surface area contributed by atoms with Gasteiger partial charge in [0, 0.05) is 78.5 Å². The lowest BCUT2D eigenvalue weighted by Crippen LogP contribution is -2.46. The number of aryl methyl sites for hydroxylation is 4. The Morgan fingerprint density at radius 3 is 0.828 bits per heavy atom. The highest BCUT2D eigenvalue weighted by atomic mass is 32.2. The zero-order chi connectivity index (χ0) is 46.4. The molecule has 1 aliphatic rings. The summed E-state index contributed by atoms with van der Waals surface area (Å²) in [6, 6.07) is 25.7. The van der Waals surface area contributed by atoms with Gasteiger partial charge in [0.05, 0.1) is 46.0 Å². The summed E-state index contributed by atoms with van der Waals surface area (Å²) in [4.78, 5) is 0.215. The van der Waals surface area contributed by atoms with Crippen molar-refractivity contribution >= 4 is 40.1 Å². The van der Waals surface area contributed by atoms with Crippen LogP contribution in [0.1, 0.15) is 22.3 Å². The van der Waals surface area contributed by atoms with E-state index in [2.05, 4.69) is 10.6 Å². The van der Waals surface area contributed by atoms with E-state index in [0.717, 1.165) is 26.6 Å². The fourth-order valence-corrected chi connectivity index (χ4v) is 12.5. The Morgan fingerprint density at radius 2 is 0.562 bits per heavy atom.